The summed E-state index contributed by atoms with van der Waals surface area (Å²) < 4.78 is 0. The van der Waals surface area contributed by atoms with Gasteiger partial charge in [-0.15, -0.1) is 11.3 Å². The molecule has 0 aliphatic rings. The molecular weight excluding hydrogens is 200 g/mol. The molecule has 2 aromatic rings. The quantitative estimate of drug-likeness (QED) is 0.818. The van der Waals surface area contributed by atoms with Crippen LogP contribution in [0.15, 0.2) is 17.8 Å². The Kier molecular flexibility index (Phi) is 2.17. The first-order valence-electron chi connectivity index (χ1n) is 4.11. The Labute approximate surface area is 84.2 Å². The zero-order valence-electron chi connectivity index (χ0n) is 7.47. The van der Waals surface area contributed by atoms with Crippen molar-refractivity contribution in [3.63, 3.8) is 0 Å². The molecule has 0 radical (unpaired) electrons. The number of hydrogen-bond donors (Lipinski definition) is 1. The van der Waals surface area contributed by atoms with Gasteiger partial charge in [0.1, 0.15) is 11.2 Å². The summed E-state index contributed by atoms with van der Waals surface area (Å²) in [5.74, 6) is -1.45. The van der Waals surface area contributed by atoms with Crippen molar-refractivity contribution in [3.05, 3.63) is 23.5 Å². The first kappa shape index (κ1) is 9.08. The highest BCUT2D eigenvalue weighted by molar-refractivity contribution is 7.16. The number of thiophene rings is 1. The summed E-state index contributed by atoms with van der Waals surface area (Å²) in [6.45, 7) is 1.63. The fourth-order valence-corrected chi connectivity index (χ4v) is 2.01. The number of rotatable bonds is 2. The maximum absolute atomic E-state index is 10.8. The van der Waals surface area contributed by atoms with E-state index in [1.165, 1.54) is 17.7 Å². The number of carbonyl (C=O) groups is 1. The van der Waals surface area contributed by atoms with Gasteiger partial charge in [0, 0.05) is 5.39 Å². The van der Waals surface area contributed by atoms with Crippen molar-refractivity contribution in [2.45, 2.75) is 12.8 Å². The summed E-state index contributed by atoms with van der Waals surface area (Å²) in [6.07, 6.45) is 1.41. The van der Waals surface area contributed by atoms with Gasteiger partial charge in [-0.3, -0.25) is 4.79 Å². The maximum Gasteiger partial charge on any atom is 0.312 e. The highest BCUT2D eigenvalue weighted by Crippen LogP contribution is 2.25. The van der Waals surface area contributed by atoms with Crippen LogP contribution in [0.25, 0.3) is 10.2 Å². The topological polar surface area (TPSA) is 63.1 Å². The molecule has 1 atom stereocenters. The Morgan fingerprint density at radius 2 is 2.36 bits per heavy atom. The van der Waals surface area contributed by atoms with Gasteiger partial charge in [0.05, 0.1) is 11.6 Å². The van der Waals surface area contributed by atoms with Gasteiger partial charge in [-0.2, -0.15) is 0 Å². The molecular formula is C9H8N2O2S. The van der Waals surface area contributed by atoms with Crippen molar-refractivity contribution in [2.24, 2.45) is 0 Å². The molecule has 0 fully saturated rings. The maximum atomic E-state index is 10.8. The molecule has 0 saturated carbocycles. The molecule has 2 heterocycles. The molecule has 0 saturated heterocycles. The van der Waals surface area contributed by atoms with Gasteiger partial charge >= 0.3 is 5.97 Å². The zero-order chi connectivity index (χ0) is 10.1. The van der Waals surface area contributed by atoms with Crippen molar-refractivity contribution in [2.75, 3.05) is 0 Å². The molecule has 1 unspecified atom stereocenters. The minimum Gasteiger partial charge on any atom is -0.481 e. The van der Waals surface area contributed by atoms with Crippen molar-refractivity contribution in [1.82, 2.24) is 9.97 Å². The molecule has 0 aromatic carbocycles. The molecule has 0 aliphatic heterocycles. The molecule has 2 rings (SSSR count). The van der Waals surface area contributed by atoms with E-state index in [4.69, 9.17) is 5.11 Å². The van der Waals surface area contributed by atoms with Gasteiger partial charge in [0.15, 0.2) is 0 Å². The molecule has 5 heteroatoms. The van der Waals surface area contributed by atoms with Gasteiger partial charge in [-0.1, -0.05) is 0 Å². The summed E-state index contributed by atoms with van der Waals surface area (Å²) in [5.41, 5.74) is 0.587. The van der Waals surface area contributed by atoms with Gasteiger partial charge < -0.3 is 5.11 Å². The van der Waals surface area contributed by atoms with Crippen LogP contribution in [0.5, 0.6) is 0 Å². The van der Waals surface area contributed by atoms with E-state index < -0.39 is 11.9 Å². The second kappa shape index (κ2) is 3.34. The molecule has 0 amide bonds. The number of aliphatic carboxylic acids is 1. The molecule has 2 aromatic heterocycles. The van der Waals surface area contributed by atoms with Crippen molar-refractivity contribution in [1.29, 1.82) is 0 Å². The van der Waals surface area contributed by atoms with Crippen LogP contribution in [0.1, 0.15) is 18.5 Å². The van der Waals surface area contributed by atoms with Crippen molar-refractivity contribution < 1.29 is 9.90 Å². The molecule has 1 N–H and O–H groups in total. The van der Waals surface area contributed by atoms with Crippen LogP contribution in [-0.4, -0.2) is 21.0 Å². The van der Waals surface area contributed by atoms with Crippen molar-refractivity contribution in [3.8, 4) is 0 Å². The van der Waals surface area contributed by atoms with Crippen LogP contribution in [0.4, 0.5) is 0 Å². The summed E-state index contributed by atoms with van der Waals surface area (Å²) in [6, 6.07) is 1.86. The van der Waals surface area contributed by atoms with Gasteiger partial charge in [-0.25, -0.2) is 9.97 Å². The van der Waals surface area contributed by atoms with Crippen LogP contribution in [0.2, 0.25) is 0 Å². The number of fused-ring (bicyclic) bond motifs is 1. The average Bonchev–Trinajstić information content (AvgIpc) is 2.63. The Balaban J connectivity index is 2.61. The smallest absolute Gasteiger partial charge is 0.312 e. The number of carboxylic acid groups (broad SMARTS) is 1. The first-order valence-corrected chi connectivity index (χ1v) is 4.99. The standard InChI is InChI=1S/C9H8N2O2S/c1-5(9(12)13)7-6-2-3-14-8(6)11-4-10-7/h2-5H,1H3,(H,12,13). The number of hydrogen-bond acceptors (Lipinski definition) is 4. The van der Waals surface area contributed by atoms with Crippen LogP contribution < -0.4 is 0 Å². The molecule has 4 nitrogen and oxygen atoms in total. The van der Waals surface area contributed by atoms with Crippen LogP contribution in [0, 0.1) is 0 Å². The van der Waals surface area contributed by atoms with E-state index in [-0.39, 0.29) is 0 Å². The van der Waals surface area contributed by atoms with E-state index in [0.717, 1.165) is 10.2 Å². The molecule has 0 aliphatic carbocycles. The third-order valence-electron chi connectivity index (χ3n) is 2.07. The van der Waals surface area contributed by atoms with E-state index >= 15 is 0 Å². The Bertz CT molecular complexity index is 480. The summed E-state index contributed by atoms with van der Waals surface area (Å²) in [5, 5.41) is 11.6. The van der Waals surface area contributed by atoms with E-state index in [9.17, 15) is 4.79 Å². The van der Waals surface area contributed by atoms with E-state index in [1.807, 2.05) is 11.4 Å². The minimum atomic E-state index is -0.865. The molecule has 0 bridgehead atoms. The molecule has 14 heavy (non-hydrogen) atoms. The second-order valence-electron chi connectivity index (χ2n) is 2.96. The third kappa shape index (κ3) is 1.35. The Hall–Kier alpha value is -1.49. The highest BCUT2D eigenvalue weighted by Gasteiger charge is 2.18. The summed E-state index contributed by atoms with van der Waals surface area (Å²) in [4.78, 5) is 19.7. The monoisotopic (exact) mass is 208 g/mol. The third-order valence-corrected chi connectivity index (χ3v) is 2.89. The minimum absolute atomic E-state index is 0.587. The average molecular weight is 208 g/mol. The Morgan fingerprint density at radius 3 is 3.07 bits per heavy atom. The van der Waals surface area contributed by atoms with Gasteiger partial charge in [0.2, 0.25) is 0 Å². The van der Waals surface area contributed by atoms with E-state index in [0.29, 0.717) is 5.69 Å². The highest BCUT2D eigenvalue weighted by atomic mass is 32.1. The fraction of sp³-hybridized carbons (Fsp3) is 0.222. The lowest BCUT2D eigenvalue weighted by molar-refractivity contribution is -0.138. The van der Waals surface area contributed by atoms with E-state index in [1.54, 1.807) is 6.92 Å². The van der Waals surface area contributed by atoms with Crippen molar-refractivity contribution >= 4 is 27.5 Å². The second-order valence-corrected chi connectivity index (χ2v) is 3.85. The molecule has 0 spiro atoms. The SMILES string of the molecule is CC(C(=O)O)c1ncnc2sccc12. The number of nitrogens with zero attached hydrogens (tertiary/aromatic N) is 2. The normalized spacial score (nSPS) is 12.9. The van der Waals surface area contributed by atoms with Gasteiger partial charge in [0.25, 0.3) is 0 Å². The number of aromatic nitrogens is 2. The summed E-state index contributed by atoms with van der Waals surface area (Å²) in [7, 11) is 0. The Morgan fingerprint density at radius 1 is 1.57 bits per heavy atom. The van der Waals surface area contributed by atoms with E-state index in [2.05, 4.69) is 9.97 Å². The van der Waals surface area contributed by atoms with Crippen LogP contribution >= 0.6 is 11.3 Å². The van der Waals surface area contributed by atoms with Crippen LogP contribution in [0.3, 0.4) is 0 Å². The summed E-state index contributed by atoms with van der Waals surface area (Å²) >= 11 is 1.49. The fourth-order valence-electron chi connectivity index (χ4n) is 1.27. The zero-order valence-corrected chi connectivity index (χ0v) is 8.28. The predicted molar refractivity (Wildman–Crippen MR) is 53.5 cm³/mol. The molecule has 72 valence electrons. The lowest BCUT2D eigenvalue weighted by Gasteiger charge is -2.05. The van der Waals surface area contributed by atoms with Gasteiger partial charge in [-0.05, 0) is 18.4 Å². The first-order chi connectivity index (χ1) is 6.70. The number of carboxylic acids is 1. The lowest BCUT2D eigenvalue weighted by atomic mass is 10.1. The largest absolute Gasteiger partial charge is 0.481 e. The van der Waals surface area contributed by atoms with Crippen LogP contribution in [-0.2, 0) is 4.79 Å². The predicted octanol–water partition coefficient (Wildman–Crippen LogP) is 1.88. The lowest BCUT2D eigenvalue weighted by Crippen LogP contribution is -2.09.